The van der Waals surface area contributed by atoms with Crippen LogP contribution in [0, 0.1) is 23.0 Å². The Labute approximate surface area is 293 Å². The fourth-order valence-electron chi connectivity index (χ4n) is 7.48. The lowest BCUT2D eigenvalue weighted by molar-refractivity contribution is -0.137. The van der Waals surface area contributed by atoms with E-state index in [1.165, 1.54) is 36.4 Å². The predicted molar refractivity (Wildman–Crippen MR) is 196 cm³/mol. The van der Waals surface area contributed by atoms with E-state index in [2.05, 4.69) is 6.07 Å². The van der Waals surface area contributed by atoms with Crippen LogP contribution >= 0.6 is 0 Å². The van der Waals surface area contributed by atoms with Crippen LogP contribution in [0.5, 0.6) is 0 Å². The smallest absolute Gasteiger partial charge is 0.309 e. The maximum atomic E-state index is 15.3. The van der Waals surface area contributed by atoms with E-state index in [0.717, 1.165) is 38.6 Å². The van der Waals surface area contributed by atoms with Gasteiger partial charge in [-0.2, -0.15) is 18.4 Å². The fourth-order valence-corrected chi connectivity index (χ4v) is 7.48. The summed E-state index contributed by atoms with van der Waals surface area (Å²) in [6, 6.07) is 42.8. The van der Waals surface area contributed by atoms with Crippen molar-refractivity contribution in [2.75, 3.05) is 0 Å². The van der Waals surface area contributed by atoms with Crippen molar-refractivity contribution in [1.82, 2.24) is 9.13 Å². The van der Waals surface area contributed by atoms with Crippen LogP contribution in [0.15, 0.2) is 146 Å². The first-order chi connectivity index (χ1) is 25.2. The number of fused-ring (bicyclic) bond motifs is 6. The van der Waals surface area contributed by atoms with Gasteiger partial charge in [0.1, 0.15) is 11.6 Å². The van der Waals surface area contributed by atoms with Crippen molar-refractivity contribution in [1.29, 1.82) is 5.26 Å². The van der Waals surface area contributed by atoms with Gasteiger partial charge in [-0.05, 0) is 84.4 Å². The average Bonchev–Trinajstić information content (AvgIpc) is 3.67. The van der Waals surface area contributed by atoms with Crippen LogP contribution in [0.3, 0.4) is 0 Å². The van der Waals surface area contributed by atoms with E-state index in [0.29, 0.717) is 33.5 Å². The minimum absolute atomic E-state index is 0.188. The van der Waals surface area contributed by atoms with Crippen LogP contribution in [0.4, 0.5) is 22.0 Å². The summed E-state index contributed by atoms with van der Waals surface area (Å²) in [5, 5.41) is 13.2. The van der Waals surface area contributed by atoms with Crippen molar-refractivity contribution in [3.05, 3.63) is 168 Å². The number of para-hydroxylation sites is 3. The molecule has 0 N–H and O–H groups in total. The molecule has 0 radical (unpaired) electrons. The van der Waals surface area contributed by atoms with Crippen molar-refractivity contribution in [3.8, 4) is 39.7 Å². The molecule has 7 aromatic carbocycles. The molecule has 0 saturated carbocycles. The number of aromatic nitrogens is 2. The Kier molecular flexibility index (Phi) is 7.02. The Bertz CT molecular complexity index is 2870. The maximum Gasteiger partial charge on any atom is 0.416 e. The molecule has 9 aromatic rings. The zero-order chi connectivity index (χ0) is 35.7. The quantitative estimate of drug-likeness (QED) is 0.169. The molecule has 0 unspecified atom stereocenters. The summed E-state index contributed by atoms with van der Waals surface area (Å²) in [6.07, 6.45) is -4.58. The second-order valence-corrected chi connectivity index (χ2v) is 12.6. The van der Waals surface area contributed by atoms with Crippen molar-refractivity contribution in [3.63, 3.8) is 0 Å². The number of halogens is 5. The molecule has 0 saturated heterocycles. The van der Waals surface area contributed by atoms with Crippen LogP contribution in [0.25, 0.3) is 77.2 Å². The Morgan fingerprint density at radius 1 is 0.481 bits per heavy atom. The van der Waals surface area contributed by atoms with E-state index in [4.69, 9.17) is 0 Å². The molecule has 2 heterocycles. The molecule has 52 heavy (non-hydrogen) atoms. The van der Waals surface area contributed by atoms with Gasteiger partial charge in [-0.25, -0.2) is 8.78 Å². The average molecular weight is 690 g/mol. The highest BCUT2D eigenvalue weighted by molar-refractivity contribution is 6.12. The molecular formula is C44H24F5N3. The SMILES string of the molecule is N#Cc1ccc(-n2c3ccccc3c3cc(-c4cc(C(F)(F)F)ccc4-n4c5ccccc5c5ccccc54)ccc32)c(-c2c(F)cccc2F)c1. The van der Waals surface area contributed by atoms with Gasteiger partial charge in [0, 0.05) is 32.7 Å². The van der Waals surface area contributed by atoms with Gasteiger partial charge in [0.2, 0.25) is 0 Å². The molecule has 9 rings (SSSR count). The lowest BCUT2D eigenvalue weighted by atomic mass is 9.98. The number of nitriles is 1. The zero-order valence-corrected chi connectivity index (χ0v) is 27.1. The lowest BCUT2D eigenvalue weighted by Crippen LogP contribution is -2.07. The van der Waals surface area contributed by atoms with Crippen molar-refractivity contribution < 1.29 is 22.0 Å². The van der Waals surface area contributed by atoms with E-state index in [1.54, 1.807) is 18.2 Å². The van der Waals surface area contributed by atoms with E-state index >= 15 is 8.78 Å². The molecule has 250 valence electrons. The Hall–Kier alpha value is -6.72. The molecular weight excluding hydrogens is 665 g/mol. The largest absolute Gasteiger partial charge is 0.416 e. The molecule has 0 fully saturated rings. The van der Waals surface area contributed by atoms with Gasteiger partial charge in [0.15, 0.2) is 0 Å². The summed E-state index contributed by atoms with van der Waals surface area (Å²) in [5.41, 5.74) is 4.42. The topological polar surface area (TPSA) is 33.6 Å². The summed E-state index contributed by atoms with van der Waals surface area (Å²) in [4.78, 5) is 0. The molecule has 0 amide bonds. The Morgan fingerprint density at radius 2 is 1.00 bits per heavy atom. The van der Waals surface area contributed by atoms with Gasteiger partial charge >= 0.3 is 6.18 Å². The highest BCUT2D eigenvalue weighted by Gasteiger charge is 2.32. The van der Waals surface area contributed by atoms with E-state index in [9.17, 15) is 18.4 Å². The lowest BCUT2D eigenvalue weighted by Gasteiger charge is -2.17. The molecule has 0 aliphatic heterocycles. The molecule has 0 bridgehead atoms. The Morgan fingerprint density at radius 3 is 1.58 bits per heavy atom. The van der Waals surface area contributed by atoms with Crippen LogP contribution in [-0.4, -0.2) is 9.13 Å². The van der Waals surface area contributed by atoms with E-state index in [-0.39, 0.29) is 16.7 Å². The van der Waals surface area contributed by atoms with Crippen molar-refractivity contribution >= 4 is 43.6 Å². The third kappa shape index (κ3) is 4.78. The highest BCUT2D eigenvalue weighted by Crippen LogP contribution is 2.43. The fraction of sp³-hybridized carbons (Fsp3) is 0.0227. The van der Waals surface area contributed by atoms with Gasteiger partial charge in [0.25, 0.3) is 0 Å². The first kappa shape index (κ1) is 31.3. The van der Waals surface area contributed by atoms with Gasteiger partial charge in [-0.15, -0.1) is 0 Å². The third-order valence-electron chi connectivity index (χ3n) is 9.73. The zero-order valence-electron chi connectivity index (χ0n) is 27.1. The summed E-state index contributed by atoms with van der Waals surface area (Å²) in [7, 11) is 0. The van der Waals surface area contributed by atoms with Crippen LogP contribution in [0.2, 0.25) is 0 Å². The molecule has 0 aliphatic carbocycles. The van der Waals surface area contributed by atoms with Crippen molar-refractivity contribution in [2.24, 2.45) is 0 Å². The molecule has 8 heteroatoms. The second kappa shape index (κ2) is 11.7. The number of alkyl halides is 3. The van der Waals surface area contributed by atoms with Crippen LogP contribution in [0.1, 0.15) is 11.1 Å². The molecule has 0 aliphatic rings. The minimum atomic E-state index is -4.58. The molecule has 0 atom stereocenters. The highest BCUT2D eigenvalue weighted by atomic mass is 19.4. The normalized spacial score (nSPS) is 11.9. The second-order valence-electron chi connectivity index (χ2n) is 12.6. The van der Waals surface area contributed by atoms with Crippen LogP contribution in [-0.2, 0) is 6.18 Å². The number of hydrogen-bond acceptors (Lipinski definition) is 1. The van der Waals surface area contributed by atoms with Crippen molar-refractivity contribution in [2.45, 2.75) is 6.18 Å². The molecule has 0 spiro atoms. The Balaban J connectivity index is 1.34. The summed E-state index contributed by atoms with van der Waals surface area (Å²) < 4.78 is 77.5. The monoisotopic (exact) mass is 689 g/mol. The summed E-state index contributed by atoms with van der Waals surface area (Å²) >= 11 is 0. The van der Waals surface area contributed by atoms with Gasteiger partial charge in [0.05, 0.1) is 56.2 Å². The number of rotatable bonds is 4. The van der Waals surface area contributed by atoms with E-state index in [1.807, 2.05) is 94.1 Å². The van der Waals surface area contributed by atoms with Gasteiger partial charge in [-0.3, -0.25) is 0 Å². The van der Waals surface area contributed by atoms with Crippen LogP contribution < -0.4 is 0 Å². The molecule has 2 aromatic heterocycles. The first-order valence-corrected chi connectivity index (χ1v) is 16.5. The number of nitrogens with zero attached hydrogens (tertiary/aromatic N) is 3. The molecule has 3 nitrogen and oxygen atoms in total. The standard InChI is InChI=1S/C44H24F5N3/c45-35-11-7-12-36(46)43(35)34-22-26(25-50)16-19-42(34)52-39-15-6-3-10-31(39)33-23-27(17-20-41(33)52)32-24-28(44(47,48)49)18-21-40(32)51-37-13-4-1-8-29(37)30-9-2-5-14-38(30)51/h1-24H. The first-order valence-electron chi connectivity index (χ1n) is 16.5. The number of hydrogen-bond donors (Lipinski definition) is 0. The summed E-state index contributed by atoms with van der Waals surface area (Å²) in [6.45, 7) is 0. The number of benzene rings is 7. The van der Waals surface area contributed by atoms with Gasteiger partial charge in [-0.1, -0.05) is 66.7 Å². The summed E-state index contributed by atoms with van der Waals surface area (Å²) in [5.74, 6) is -1.55. The maximum absolute atomic E-state index is 15.3. The predicted octanol–water partition coefficient (Wildman–Crippen LogP) is 12.4. The third-order valence-corrected chi connectivity index (χ3v) is 9.73. The minimum Gasteiger partial charge on any atom is -0.309 e. The van der Waals surface area contributed by atoms with E-state index < -0.39 is 23.4 Å². The van der Waals surface area contributed by atoms with Gasteiger partial charge < -0.3 is 9.13 Å².